The maximum atomic E-state index is 13.0. The van der Waals surface area contributed by atoms with Crippen LogP contribution in [-0.2, 0) is 14.3 Å². The second-order valence-corrected chi connectivity index (χ2v) is 7.10. The van der Waals surface area contributed by atoms with Gasteiger partial charge in [0.05, 0.1) is 27.2 Å². The summed E-state index contributed by atoms with van der Waals surface area (Å²) in [5, 5.41) is -5.59. The number of rotatable bonds is 9. The van der Waals surface area contributed by atoms with E-state index in [0.717, 1.165) is 0 Å². The third kappa shape index (κ3) is 4.91. The molecule has 0 radical (unpaired) electrons. The van der Waals surface area contributed by atoms with Crippen molar-refractivity contribution in [1.82, 2.24) is 0 Å². The molecule has 0 fully saturated rings. The number of nitrogens with zero attached hydrogens (tertiary/aromatic N) is 1. The number of quaternary nitrogens is 1. The molecule has 0 unspecified atom stereocenters. The maximum absolute atomic E-state index is 13.0. The third-order valence-electron chi connectivity index (χ3n) is 2.38. The molecule has 0 bridgehead atoms. The highest BCUT2D eigenvalue weighted by atomic mass is 127. The Morgan fingerprint density at radius 2 is 1.70 bits per heavy atom. The molecule has 0 aliphatic carbocycles. The van der Waals surface area contributed by atoms with Gasteiger partial charge >= 0.3 is 21.3 Å². The number of alkyl halides is 6. The van der Waals surface area contributed by atoms with Crippen LogP contribution in [0.1, 0.15) is 6.42 Å². The Bertz CT molecular complexity index is 416. The molecule has 0 atom stereocenters. The molecule has 0 spiro atoms. The molecule has 0 saturated heterocycles. The zero-order valence-corrected chi connectivity index (χ0v) is 13.9. The molecule has 122 valence electrons. The molecule has 11 heteroatoms. The van der Waals surface area contributed by atoms with E-state index in [9.17, 15) is 30.4 Å². The number of hydrogen-bond donors (Lipinski definition) is 0. The van der Waals surface area contributed by atoms with Crippen molar-refractivity contribution >= 4 is 32.7 Å². The van der Waals surface area contributed by atoms with Crippen molar-refractivity contribution in [2.45, 2.75) is 17.6 Å². The minimum absolute atomic E-state index is 0.0759. The Morgan fingerprint density at radius 1 is 1.20 bits per heavy atom. The van der Waals surface area contributed by atoms with E-state index >= 15 is 0 Å². The van der Waals surface area contributed by atoms with Crippen molar-refractivity contribution in [2.24, 2.45) is 0 Å². The summed E-state index contributed by atoms with van der Waals surface area (Å²) in [4.78, 5) is 0. The molecule has 0 aliphatic rings. The largest absolute Gasteiger partial charge is 0.434 e. The first-order chi connectivity index (χ1) is 8.83. The first-order valence-corrected chi connectivity index (χ1v) is 8.35. The number of halogens is 6. The van der Waals surface area contributed by atoms with Crippen LogP contribution < -0.4 is 0 Å². The van der Waals surface area contributed by atoms with E-state index in [0.29, 0.717) is 15.6 Å². The lowest BCUT2D eigenvalue weighted by molar-refractivity contribution is -0.874. The standard InChI is InChI=1S/C9H16F5INO3S/c1-16(2,7-15)4-3-5-19-20(17,18)9(13,14)8(11,12)6-10/h3-7H2,1-2H3/q+1. The molecular formula is C9H16F5INO3S+. The van der Waals surface area contributed by atoms with Gasteiger partial charge in [0, 0.05) is 6.42 Å². The average molecular weight is 440 g/mol. The lowest BCUT2D eigenvalue weighted by Crippen LogP contribution is -2.49. The Balaban J connectivity index is 4.63. The topological polar surface area (TPSA) is 43.4 Å². The van der Waals surface area contributed by atoms with Gasteiger partial charge in [-0.15, -0.1) is 0 Å². The lowest BCUT2D eigenvalue weighted by Gasteiger charge is -2.27. The van der Waals surface area contributed by atoms with E-state index in [4.69, 9.17) is 0 Å². The maximum Gasteiger partial charge on any atom is 0.434 e. The molecule has 20 heavy (non-hydrogen) atoms. The smallest absolute Gasteiger partial charge is 0.320 e. The molecule has 0 heterocycles. The zero-order chi connectivity index (χ0) is 16.2. The van der Waals surface area contributed by atoms with Gasteiger partial charge in [-0.05, 0) is 22.6 Å². The van der Waals surface area contributed by atoms with Gasteiger partial charge in [0.15, 0.2) is 6.67 Å². The normalized spacial score (nSPS) is 14.6. The minimum atomic E-state index is -5.89. The van der Waals surface area contributed by atoms with Crippen LogP contribution in [0.5, 0.6) is 0 Å². The zero-order valence-electron chi connectivity index (χ0n) is 10.9. The van der Waals surface area contributed by atoms with Gasteiger partial charge in [-0.2, -0.15) is 26.0 Å². The molecular weight excluding hydrogens is 424 g/mol. The lowest BCUT2D eigenvalue weighted by atomic mass is 10.4. The highest BCUT2D eigenvalue weighted by Gasteiger charge is 2.66. The summed E-state index contributed by atoms with van der Waals surface area (Å²) < 4.78 is 90.1. The van der Waals surface area contributed by atoms with E-state index in [-0.39, 0.29) is 6.42 Å². The molecule has 0 saturated carbocycles. The van der Waals surface area contributed by atoms with Crippen molar-refractivity contribution < 1.29 is 39.0 Å². The van der Waals surface area contributed by atoms with Crippen LogP contribution in [-0.4, -0.2) is 62.6 Å². The monoisotopic (exact) mass is 440 g/mol. The highest BCUT2D eigenvalue weighted by Crippen LogP contribution is 2.39. The van der Waals surface area contributed by atoms with Crippen LogP contribution in [0.25, 0.3) is 0 Å². The molecule has 0 aromatic heterocycles. The predicted octanol–water partition coefficient (Wildman–Crippen LogP) is 2.39. The van der Waals surface area contributed by atoms with E-state index in [2.05, 4.69) is 26.8 Å². The second-order valence-electron chi connectivity index (χ2n) is 4.76. The average Bonchev–Trinajstić information content (AvgIpc) is 2.34. The Kier molecular flexibility index (Phi) is 7.09. The molecule has 0 aromatic rings. The van der Waals surface area contributed by atoms with Gasteiger partial charge in [-0.1, -0.05) is 0 Å². The van der Waals surface area contributed by atoms with Crippen LogP contribution in [0, 0.1) is 0 Å². The Labute approximate surface area is 128 Å². The molecule has 0 amide bonds. The fourth-order valence-corrected chi connectivity index (χ4v) is 2.30. The van der Waals surface area contributed by atoms with Crippen molar-refractivity contribution in [1.29, 1.82) is 0 Å². The van der Waals surface area contributed by atoms with Crippen molar-refractivity contribution in [2.75, 3.05) is 38.5 Å². The van der Waals surface area contributed by atoms with E-state index in [1.54, 1.807) is 0 Å². The summed E-state index contributed by atoms with van der Waals surface area (Å²) in [6.07, 6.45) is 0.0759. The van der Waals surface area contributed by atoms with Crippen LogP contribution in [0.4, 0.5) is 22.0 Å². The quantitative estimate of drug-likeness (QED) is 0.105. The van der Waals surface area contributed by atoms with Gasteiger partial charge < -0.3 is 4.48 Å². The van der Waals surface area contributed by atoms with Gasteiger partial charge in [0.1, 0.15) is 4.55 Å². The minimum Gasteiger partial charge on any atom is -0.320 e. The Morgan fingerprint density at radius 3 is 2.10 bits per heavy atom. The highest BCUT2D eigenvalue weighted by molar-refractivity contribution is 14.1. The molecule has 0 rings (SSSR count). The summed E-state index contributed by atoms with van der Waals surface area (Å²) in [6.45, 7) is -3.05. The first-order valence-electron chi connectivity index (χ1n) is 5.41. The van der Waals surface area contributed by atoms with Crippen LogP contribution in [0.15, 0.2) is 0 Å². The fourth-order valence-electron chi connectivity index (χ4n) is 1.06. The van der Waals surface area contributed by atoms with E-state index in [1.165, 1.54) is 0 Å². The van der Waals surface area contributed by atoms with Crippen molar-refractivity contribution in [3.63, 3.8) is 0 Å². The predicted molar refractivity (Wildman–Crippen MR) is 71.2 cm³/mol. The second kappa shape index (κ2) is 7.01. The molecule has 4 nitrogen and oxygen atoms in total. The summed E-state index contributed by atoms with van der Waals surface area (Å²) in [5.74, 6) is -5.32. The van der Waals surface area contributed by atoms with Gasteiger partial charge in [-0.3, -0.25) is 4.18 Å². The fraction of sp³-hybridized carbons (Fsp3) is 1.00. The van der Waals surface area contributed by atoms with Gasteiger partial charge in [-0.25, -0.2) is 4.39 Å². The summed E-state index contributed by atoms with van der Waals surface area (Å²) in [7, 11) is -2.26. The van der Waals surface area contributed by atoms with Crippen molar-refractivity contribution in [3.05, 3.63) is 0 Å². The summed E-state index contributed by atoms with van der Waals surface area (Å²) in [5.41, 5.74) is 0. The van der Waals surface area contributed by atoms with Crippen molar-refractivity contribution in [3.8, 4) is 0 Å². The van der Waals surface area contributed by atoms with Crippen LogP contribution in [0.2, 0.25) is 0 Å². The molecule has 0 aliphatic heterocycles. The van der Waals surface area contributed by atoms with Gasteiger partial charge in [0.2, 0.25) is 0 Å². The van der Waals surface area contributed by atoms with Gasteiger partial charge in [0.25, 0.3) is 0 Å². The van der Waals surface area contributed by atoms with Crippen LogP contribution >= 0.6 is 22.6 Å². The Hall–Kier alpha value is 0.250. The summed E-state index contributed by atoms with van der Waals surface area (Å²) in [6, 6.07) is 0. The van der Waals surface area contributed by atoms with E-state index in [1.807, 2.05) is 14.1 Å². The summed E-state index contributed by atoms with van der Waals surface area (Å²) >= 11 is 2.08. The molecule has 0 aromatic carbocycles. The SMILES string of the molecule is C[N+](C)(CI)CCCOS(=O)(=O)C(F)(F)C(F)(F)CF. The van der Waals surface area contributed by atoms with E-state index < -0.39 is 34.6 Å². The number of hydrogen-bond acceptors (Lipinski definition) is 3. The third-order valence-corrected chi connectivity index (χ3v) is 5.63. The molecule has 0 N–H and O–H groups in total. The first kappa shape index (κ1) is 20.2. The van der Waals surface area contributed by atoms with Crippen LogP contribution in [0.3, 0.4) is 0 Å².